The first-order valence-electron chi connectivity index (χ1n) is 6.06. The van der Waals surface area contributed by atoms with Crippen molar-refractivity contribution < 1.29 is 18.7 Å². The van der Waals surface area contributed by atoms with Gasteiger partial charge in [0.25, 0.3) is 0 Å². The van der Waals surface area contributed by atoms with Crippen molar-refractivity contribution in [2.45, 2.75) is 6.61 Å². The Labute approximate surface area is 126 Å². The summed E-state index contributed by atoms with van der Waals surface area (Å²) in [5, 5.41) is 0.559. The second kappa shape index (κ2) is 6.45. The molecule has 0 saturated heterocycles. The Hall–Kier alpha value is -2.27. The van der Waals surface area contributed by atoms with Crippen molar-refractivity contribution in [3.05, 3.63) is 58.4 Å². The van der Waals surface area contributed by atoms with Crippen molar-refractivity contribution in [3.63, 3.8) is 0 Å². The fourth-order valence-corrected chi connectivity index (χ4v) is 1.97. The van der Waals surface area contributed by atoms with E-state index in [1.54, 1.807) is 24.3 Å². The van der Waals surface area contributed by atoms with E-state index in [-0.39, 0.29) is 23.6 Å². The number of anilines is 1. The van der Waals surface area contributed by atoms with E-state index < -0.39 is 11.8 Å². The molecule has 0 aliphatic rings. The Morgan fingerprint density at radius 3 is 2.76 bits per heavy atom. The van der Waals surface area contributed by atoms with Gasteiger partial charge in [0.05, 0.1) is 12.7 Å². The maximum Gasteiger partial charge on any atom is 0.340 e. The molecule has 110 valence electrons. The van der Waals surface area contributed by atoms with Crippen molar-refractivity contribution >= 4 is 23.3 Å². The number of ether oxygens (including phenoxy) is 2. The van der Waals surface area contributed by atoms with E-state index in [0.717, 1.165) is 11.6 Å². The summed E-state index contributed by atoms with van der Waals surface area (Å²) in [4.78, 5) is 11.5. The third-order valence-electron chi connectivity index (χ3n) is 2.79. The average Bonchev–Trinajstić information content (AvgIpc) is 2.45. The van der Waals surface area contributed by atoms with Crippen LogP contribution in [-0.2, 0) is 11.3 Å². The highest BCUT2D eigenvalue weighted by Crippen LogP contribution is 2.26. The van der Waals surface area contributed by atoms with E-state index in [2.05, 4.69) is 4.74 Å². The molecule has 2 aromatic carbocycles. The van der Waals surface area contributed by atoms with Crippen LogP contribution >= 0.6 is 11.6 Å². The first-order valence-corrected chi connectivity index (χ1v) is 6.43. The molecule has 21 heavy (non-hydrogen) atoms. The highest BCUT2D eigenvalue weighted by molar-refractivity contribution is 6.30. The summed E-state index contributed by atoms with van der Waals surface area (Å²) in [6, 6.07) is 9.24. The topological polar surface area (TPSA) is 61.5 Å². The summed E-state index contributed by atoms with van der Waals surface area (Å²) in [5.74, 6) is -1.38. The van der Waals surface area contributed by atoms with E-state index in [0.29, 0.717) is 5.02 Å². The maximum atomic E-state index is 13.8. The standard InChI is InChI=1S/C15H13ClFNO3/c1-20-15(19)11-6-14(12(17)7-13(11)18)21-8-9-3-2-4-10(16)5-9/h2-7H,8,18H2,1H3. The second-order valence-corrected chi connectivity index (χ2v) is 4.72. The van der Waals surface area contributed by atoms with Crippen LogP contribution in [-0.4, -0.2) is 13.1 Å². The molecular formula is C15H13ClFNO3. The Morgan fingerprint density at radius 2 is 2.10 bits per heavy atom. The molecule has 6 heteroatoms. The highest BCUT2D eigenvalue weighted by Gasteiger charge is 2.15. The van der Waals surface area contributed by atoms with E-state index in [9.17, 15) is 9.18 Å². The molecule has 0 fully saturated rings. The van der Waals surface area contributed by atoms with Gasteiger partial charge in [-0.1, -0.05) is 23.7 Å². The summed E-state index contributed by atoms with van der Waals surface area (Å²) in [6.07, 6.45) is 0. The zero-order valence-corrected chi connectivity index (χ0v) is 12.0. The van der Waals surface area contributed by atoms with Crippen molar-refractivity contribution in [3.8, 4) is 5.75 Å². The monoisotopic (exact) mass is 309 g/mol. The number of hydrogen-bond acceptors (Lipinski definition) is 4. The average molecular weight is 310 g/mol. The Kier molecular flexibility index (Phi) is 4.65. The highest BCUT2D eigenvalue weighted by atomic mass is 35.5. The van der Waals surface area contributed by atoms with Gasteiger partial charge in [0.2, 0.25) is 0 Å². The Morgan fingerprint density at radius 1 is 1.33 bits per heavy atom. The molecule has 4 nitrogen and oxygen atoms in total. The van der Waals surface area contributed by atoms with E-state index >= 15 is 0 Å². The normalized spacial score (nSPS) is 10.2. The minimum atomic E-state index is -0.653. The largest absolute Gasteiger partial charge is 0.486 e. The number of nitrogen functional groups attached to an aromatic ring is 1. The van der Waals surface area contributed by atoms with Gasteiger partial charge < -0.3 is 15.2 Å². The van der Waals surface area contributed by atoms with Crippen LogP contribution in [0.1, 0.15) is 15.9 Å². The summed E-state index contributed by atoms with van der Waals surface area (Å²) in [7, 11) is 1.22. The van der Waals surface area contributed by atoms with Gasteiger partial charge in [-0.2, -0.15) is 0 Å². The fourth-order valence-electron chi connectivity index (χ4n) is 1.75. The first-order chi connectivity index (χ1) is 10.0. The lowest BCUT2D eigenvalue weighted by atomic mass is 10.1. The predicted octanol–water partition coefficient (Wildman–Crippen LogP) is 3.43. The number of nitrogens with two attached hydrogens (primary N) is 1. The van der Waals surface area contributed by atoms with Gasteiger partial charge in [-0.15, -0.1) is 0 Å². The second-order valence-electron chi connectivity index (χ2n) is 4.28. The van der Waals surface area contributed by atoms with Crippen LogP contribution in [0.3, 0.4) is 0 Å². The predicted molar refractivity (Wildman–Crippen MR) is 77.9 cm³/mol. The van der Waals surface area contributed by atoms with Gasteiger partial charge in [-0.3, -0.25) is 0 Å². The third-order valence-corrected chi connectivity index (χ3v) is 3.03. The van der Waals surface area contributed by atoms with Crippen LogP contribution in [0.15, 0.2) is 36.4 Å². The van der Waals surface area contributed by atoms with Gasteiger partial charge in [-0.05, 0) is 23.8 Å². The molecule has 2 rings (SSSR count). The molecule has 0 amide bonds. The smallest absolute Gasteiger partial charge is 0.340 e. The van der Waals surface area contributed by atoms with Crippen LogP contribution in [0.2, 0.25) is 5.02 Å². The number of esters is 1. The summed E-state index contributed by atoms with van der Waals surface area (Å²) in [6.45, 7) is 0.113. The molecule has 0 radical (unpaired) electrons. The molecule has 0 heterocycles. The number of rotatable bonds is 4. The lowest BCUT2D eigenvalue weighted by Crippen LogP contribution is -2.07. The van der Waals surface area contributed by atoms with Crippen molar-refractivity contribution in [2.24, 2.45) is 0 Å². The third kappa shape index (κ3) is 3.64. The number of hydrogen-bond donors (Lipinski definition) is 1. The zero-order valence-electron chi connectivity index (χ0n) is 11.2. The Bertz CT molecular complexity index is 676. The molecule has 0 aliphatic carbocycles. The lowest BCUT2D eigenvalue weighted by molar-refractivity contribution is 0.0601. The van der Waals surface area contributed by atoms with Crippen LogP contribution in [0, 0.1) is 5.82 Å². The minimum Gasteiger partial charge on any atom is -0.486 e. The van der Waals surface area contributed by atoms with Crippen LogP contribution in [0.4, 0.5) is 10.1 Å². The molecule has 0 unspecified atom stereocenters. The van der Waals surface area contributed by atoms with Gasteiger partial charge >= 0.3 is 5.97 Å². The van der Waals surface area contributed by atoms with Gasteiger partial charge in [0, 0.05) is 16.8 Å². The molecule has 0 saturated carbocycles. The van der Waals surface area contributed by atoms with Gasteiger partial charge in [-0.25, -0.2) is 9.18 Å². The van der Waals surface area contributed by atoms with E-state index in [1.807, 2.05) is 0 Å². The SMILES string of the molecule is COC(=O)c1cc(OCc2cccc(Cl)c2)c(F)cc1N. The summed E-state index contributed by atoms with van der Waals surface area (Å²) in [5.41, 5.74) is 6.41. The van der Waals surface area contributed by atoms with Gasteiger partial charge in [0.1, 0.15) is 6.61 Å². The minimum absolute atomic E-state index is 0.00513. The molecule has 0 aromatic heterocycles. The molecule has 0 atom stereocenters. The first kappa shape index (κ1) is 15.1. The number of carbonyl (C=O) groups excluding carboxylic acids is 1. The van der Waals surface area contributed by atoms with Crippen LogP contribution in [0.5, 0.6) is 5.75 Å². The number of methoxy groups -OCH3 is 1. The number of carbonyl (C=O) groups is 1. The molecule has 0 aliphatic heterocycles. The quantitative estimate of drug-likeness (QED) is 0.694. The number of benzene rings is 2. The lowest BCUT2D eigenvalue weighted by Gasteiger charge is -2.11. The molecule has 2 N–H and O–H groups in total. The zero-order chi connectivity index (χ0) is 15.4. The van der Waals surface area contributed by atoms with E-state index in [4.69, 9.17) is 22.1 Å². The Balaban J connectivity index is 2.21. The van der Waals surface area contributed by atoms with Crippen LogP contribution in [0.25, 0.3) is 0 Å². The van der Waals surface area contributed by atoms with E-state index in [1.165, 1.54) is 13.2 Å². The fraction of sp³-hybridized carbons (Fsp3) is 0.133. The maximum absolute atomic E-state index is 13.8. The molecule has 0 bridgehead atoms. The molecule has 0 spiro atoms. The van der Waals surface area contributed by atoms with Crippen LogP contribution < -0.4 is 10.5 Å². The van der Waals surface area contributed by atoms with Crippen molar-refractivity contribution in [1.29, 1.82) is 0 Å². The summed E-state index contributed by atoms with van der Waals surface area (Å²) < 4.78 is 23.7. The van der Waals surface area contributed by atoms with Gasteiger partial charge in [0.15, 0.2) is 11.6 Å². The van der Waals surface area contributed by atoms with Crippen molar-refractivity contribution in [1.82, 2.24) is 0 Å². The van der Waals surface area contributed by atoms with Crippen molar-refractivity contribution in [2.75, 3.05) is 12.8 Å². The molecule has 2 aromatic rings. The number of halogens is 2. The molecular weight excluding hydrogens is 297 g/mol. The summed E-state index contributed by atoms with van der Waals surface area (Å²) >= 11 is 5.86.